The van der Waals surface area contributed by atoms with Gasteiger partial charge in [-0.15, -0.1) is 0 Å². The van der Waals surface area contributed by atoms with Gasteiger partial charge in [0.1, 0.15) is 17.2 Å². The Balaban J connectivity index is 1.65. The fourth-order valence-corrected chi connectivity index (χ4v) is 3.02. The minimum atomic E-state index is 0.744. The molecule has 0 aliphatic heterocycles. The van der Waals surface area contributed by atoms with E-state index in [1.807, 2.05) is 24.3 Å². The maximum absolute atomic E-state index is 5.86. The van der Waals surface area contributed by atoms with Gasteiger partial charge in [-0.3, -0.25) is 0 Å². The first kappa shape index (κ1) is 14.0. The van der Waals surface area contributed by atoms with E-state index in [0.717, 1.165) is 23.2 Å². The lowest BCUT2D eigenvalue weighted by Crippen LogP contribution is -2.04. The van der Waals surface area contributed by atoms with Gasteiger partial charge < -0.3 is 9.47 Å². The van der Waals surface area contributed by atoms with Crippen LogP contribution in [-0.2, 0) is 0 Å². The summed E-state index contributed by atoms with van der Waals surface area (Å²) < 4.78 is 11.0. The zero-order valence-electron chi connectivity index (χ0n) is 12.5. The third-order valence-electron chi connectivity index (χ3n) is 4.25. The minimum Gasteiger partial charge on any atom is -0.497 e. The number of hydrogen-bond acceptors (Lipinski definition) is 2. The van der Waals surface area contributed by atoms with Gasteiger partial charge in [0.25, 0.3) is 0 Å². The van der Waals surface area contributed by atoms with Crippen LogP contribution in [0.2, 0.25) is 0 Å². The number of ether oxygens (including phenoxy) is 2. The van der Waals surface area contributed by atoms with Crippen molar-refractivity contribution in [3.63, 3.8) is 0 Å². The third kappa shape index (κ3) is 3.57. The molecule has 0 bridgehead atoms. The maximum Gasteiger partial charge on any atom is 0.127 e. The number of methoxy groups -OCH3 is 1. The molecule has 1 aliphatic rings. The monoisotopic (exact) mass is 282 g/mol. The molecule has 0 spiro atoms. The van der Waals surface area contributed by atoms with Crippen LogP contribution in [0.4, 0.5) is 0 Å². The van der Waals surface area contributed by atoms with Gasteiger partial charge >= 0.3 is 0 Å². The van der Waals surface area contributed by atoms with Crippen LogP contribution in [0, 0.1) is 0 Å². The van der Waals surface area contributed by atoms with E-state index in [4.69, 9.17) is 9.47 Å². The molecule has 2 heteroatoms. The zero-order chi connectivity index (χ0) is 14.5. The Labute approximate surface area is 126 Å². The van der Waals surface area contributed by atoms with Gasteiger partial charge in [0.05, 0.1) is 7.11 Å². The molecule has 2 nitrogen and oxygen atoms in total. The molecule has 0 unspecified atom stereocenters. The van der Waals surface area contributed by atoms with Crippen LogP contribution in [-0.4, -0.2) is 7.11 Å². The fourth-order valence-electron chi connectivity index (χ4n) is 3.02. The molecule has 1 fully saturated rings. The Morgan fingerprint density at radius 2 is 1.24 bits per heavy atom. The molecule has 0 saturated heterocycles. The van der Waals surface area contributed by atoms with Crippen LogP contribution in [0.3, 0.4) is 0 Å². The van der Waals surface area contributed by atoms with Gasteiger partial charge in [0.15, 0.2) is 0 Å². The second-order valence-electron chi connectivity index (χ2n) is 5.68. The van der Waals surface area contributed by atoms with E-state index < -0.39 is 0 Å². The summed E-state index contributed by atoms with van der Waals surface area (Å²) in [4.78, 5) is 0. The highest BCUT2D eigenvalue weighted by molar-refractivity contribution is 5.36. The summed E-state index contributed by atoms with van der Waals surface area (Å²) in [6.07, 6.45) is 6.80. The van der Waals surface area contributed by atoms with Crippen LogP contribution in [0.5, 0.6) is 17.2 Å². The molecule has 2 aromatic carbocycles. The van der Waals surface area contributed by atoms with Gasteiger partial charge in [-0.05, 0) is 60.7 Å². The molecule has 0 atom stereocenters. The summed E-state index contributed by atoms with van der Waals surface area (Å²) in [5.41, 5.74) is 1.46. The summed E-state index contributed by atoms with van der Waals surface area (Å²) in [7, 11) is 1.67. The highest BCUT2D eigenvalue weighted by Gasteiger charge is 2.15. The zero-order valence-corrected chi connectivity index (χ0v) is 12.5. The smallest absolute Gasteiger partial charge is 0.127 e. The Kier molecular flexibility index (Phi) is 4.44. The van der Waals surface area contributed by atoms with Gasteiger partial charge in [0.2, 0.25) is 0 Å². The van der Waals surface area contributed by atoms with Crippen molar-refractivity contribution in [1.82, 2.24) is 0 Å². The largest absolute Gasteiger partial charge is 0.497 e. The van der Waals surface area contributed by atoms with E-state index in [0.29, 0.717) is 0 Å². The molecule has 1 aliphatic carbocycles. The molecule has 3 rings (SSSR count). The molecule has 0 N–H and O–H groups in total. The second-order valence-corrected chi connectivity index (χ2v) is 5.68. The van der Waals surface area contributed by atoms with E-state index in [1.54, 1.807) is 7.11 Å². The molecule has 21 heavy (non-hydrogen) atoms. The summed E-state index contributed by atoms with van der Waals surface area (Å²) in [5.74, 6) is 3.31. The number of hydrogen-bond donors (Lipinski definition) is 0. The lowest BCUT2D eigenvalue weighted by Gasteiger charge is -2.22. The van der Waals surface area contributed by atoms with Gasteiger partial charge in [-0.25, -0.2) is 0 Å². The minimum absolute atomic E-state index is 0.744. The van der Waals surface area contributed by atoms with E-state index in [-0.39, 0.29) is 0 Å². The topological polar surface area (TPSA) is 18.5 Å². The lowest BCUT2D eigenvalue weighted by atomic mass is 9.84. The van der Waals surface area contributed by atoms with Crippen molar-refractivity contribution in [3.8, 4) is 17.2 Å². The Morgan fingerprint density at radius 1 is 0.714 bits per heavy atom. The first-order valence-corrected chi connectivity index (χ1v) is 7.77. The van der Waals surface area contributed by atoms with Crippen molar-refractivity contribution < 1.29 is 9.47 Å². The molecule has 0 heterocycles. The van der Waals surface area contributed by atoms with Crippen molar-refractivity contribution in [2.75, 3.05) is 7.11 Å². The van der Waals surface area contributed by atoms with E-state index in [9.17, 15) is 0 Å². The molecule has 0 amide bonds. The average molecular weight is 282 g/mol. The van der Waals surface area contributed by atoms with E-state index >= 15 is 0 Å². The molecule has 110 valence electrons. The quantitative estimate of drug-likeness (QED) is 0.733. The molecule has 0 radical (unpaired) electrons. The summed E-state index contributed by atoms with van der Waals surface area (Å²) in [6, 6.07) is 16.3. The van der Waals surface area contributed by atoms with Crippen molar-refractivity contribution in [2.45, 2.75) is 38.0 Å². The van der Waals surface area contributed by atoms with Gasteiger partial charge in [-0.2, -0.15) is 0 Å². The number of rotatable bonds is 4. The second kappa shape index (κ2) is 6.66. The van der Waals surface area contributed by atoms with Gasteiger partial charge in [-0.1, -0.05) is 31.4 Å². The van der Waals surface area contributed by atoms with E-state index in [2.05, 4.69) is 24.3 Å². The Morgan fingerprint density at radius 3 is 1.81 bits per heavy atom. The lowest BCUT2D eigenvalue weighted by molar-refractivity contribution is 0.413. The van der Waals surface area contributed by atoms with Gasteiger partial charge in [0, 0.05) is 0 Å². The van der Waals surface area contributed by atoms with Crippen LogP contribution in [0.1, 0.15) is 43.6 Å². The summed E-state index contributed by atoms with van der Waals surface area (Å²) in [6.45, 7) is 0. The van der Waals surface area contributed by atoms with Crippen LogP contribution in [0.25, 0.3) is 0 Å². The molecular weight excluding hydrogens is 260 g/mol. The normalized spacial score (nSPS) is 15.7. The predicted molar refractivity (Wildman–Crippen MR) is 85.3 cm³/mol. The maximum atomic E-state index is 5.86. The van der Waals surface area contributed by atoms with Crippen molar-refractivity contribution >= 4 is 0 Å². The first-order chi connectivity index (χ1) is 10.3. The van der Waals surface area contributed by atoms with Crippen molar-refractivity contribution in [1.29, 1.82) is 0 Å². The third-order valence-corrected chi connectivity index (χ3v) is 4.25. The van der Waals surface area contributed by atoms with Crippen LogP contribution < -0.4 is 9.47 Å². The predicted octanol–water partition coefficient (Wildman–Crippen LogP) is 5.54. The molecular formula is C19H22O2. The SMILES string of the molecule is COc1ccc(Oc2ccc(C3CCCCC3)cc2)cc1. The Hall–Kier alpha value is -1.96. The molecule has 0 aromatic heterocycles. The Bertz CT molecular complexity index is 551. The first-order valence-electron chi connectivity index (χ1n) is 7.77. The number of benzene rings is 2. The van der Waals surface area contributed by atoms with Crippen molar-refractivity contribution in [3.05, 3.63) is 54.1 Å². The van der Waals surface area contributed by atoms with Crippen LogP contribution in [0.15, 0.2) is 48.5 Å². The standard InChI is InChI=1S/C19H22O2/c1-20-17-11-13-19(14-12-17)21-18-9-7-16(8-10-18)15-5-3-2-4-6-15/h7-15H,2-6H2,1H3. The summed E-state index contributed by atoms with van der Waals surface area (Å²) in [5, 5.41) is 0. The van der Waals surface area contributed by atoms with Crippen molar-refractivity contribution in [2.24, 2.45) is 0 Å². The highest BCUT2D eigenvalue weighted by Crippen LogP contribution is 2.33. The highest BCUT2D eigenvalue weighted by atomic mass is 16.5. The fraction of sp³-hybridized carbons (Fsp3) is 0.368. The molecule has 1 saturated carbocycles. The van der Waals surface area contributed by atoms with Crippen LogP contribution >= 0.6 is 0 Å². The average Bonchev–Trinajstić information content (AvgIpc) is 2.57. The van der Waals surface area contributed by atoms with E-state index in [1.165, 1.54) is 37.7 Å². The molecule has 2 aromatic rings. The summed E-state index contributed by atoms with van der Waals surface area (Å²) >= 11 is 0.